The average molecular weight is 192 g/mol. The zero-order valence-corrected chi connectivity index (χ0v) is 7.73. The van der Waals surface area contributed by atoms with E-state index in [0.717, 1.165) is 17.7 Å². The number of anilines is 1. The summed E-state index contributed by atoms with van der Waals surface area (Å²) >= 11 is 0. The summed E-state index contributed by atoms with van der Waals surface area (Å²) < 4.78 is 0. The van der Waals surface area contributed by atoms with Crippen LogP contribution in [0.1, 0.15) is 11.1 Å². The van der Waals surface area contributed by atoms with Crippen molar-refractivity contribution in [3.8, 4) is 0 Å². The van der Waals surface area contributed by atoms with Crippen molar-refractivity contribution in [1.82, 2.24) is 4.90 Å². The van der Waals surface area contributed by atoms with Gasteiger partial charge in [0.2, 0.25) is 0 Å². The summed E-state index contributed by atoms with van der Waals surface area (Å²) in [6.07, 6.45) is -0.0976. The Morgan fingerprint density at radius 2 is 2.21 bits per heavy atom. The van der Waals surface area contributed by atoms with Crippen molar-refractivity contribution in [2.45, 2.75) is 13.0 Å². The number of carbonyl (C=O) groups is 1. The molecule has 0 radical (unpaired) electrons. The first-order valence-electron chi connectivity index (χ1n) is 4.52. The largest absolute Gasteiger partial charge is 0.465 e. The molecule has 0 saturated carbocycles. The zero-order chi connectivity index (χ0) is 10.1. The van der Waals surface area contributed by atoms with Gasteiger partial charge in [0.25, 0.3) is 0 Å². The van der Waals surface area contributed by atoms with Crippen LogP contribution in [0.2, 0.25) is 0 Å². The first-order valence-corrected chi connectivity index (χ1v) is 4.52. The lowest BCUT2D eigenvalue weighted by molar-refractivity contribution is 0.140. The molecule has 1 aromatic rings. The maximum Gasteiger partial charge on any atom is 0.407 e. The summed E-state index contributed by atoms with van der Waals surface area (Å²) in [7, 11) is 0. The Labute approximate surface area is 81.9 Å². The van der Waals surface area contributed by atoms with Crippen LogP contribution < -0.4 is 5.73 Å². The van der Waals surface area contributed by atoms with Crippen molar-refractivity contribution in [3.05, 3.63) is 29.3 Å². The van der Waals surface area contributed by atoms with Gasteiger partial charge in [-0.25, -0.2) is 4.79 Å². The quantitative estimate of drug-likeness (QED) is 0.609. The predicted octanol–water partition coefficient (Wildman–Crippen LogP) is 1.30. The van der Waals surface area contributed by atoms with Crippen LogP contribution >= 0.6 is 0 Å². The van der Waals surface area contributed by atoms with Crippen LogP contribution in [0.5, 0.6) is 0 Å². The van der Waals surface area contributed by atoms with Crippen LogP contribution in [-0.2, 0) is 13.0 Å². The van der Waals surface area contributed by atoms with Crippen LogP contribution in [0, 0.1) is 0 Å². The van der Waals surface area contributed by atoms with E-state index in [9.17, 15) is 4.79 Å². The Bertz CT molecular complexity index is 376. The molecule has 1 heterocycles. The molecular weight excluding hydrogens is 180 g/mol. The van der Waals surface area contributed by atoms with Crippen molar-refractivity contribution in [1.29, 1.82) is 0 Å². The fraction of sp³-hybridized carbons (Fsp3) is 0.300. The number of nitrogens with two attached hydrogens (primary N) is 1. The van der Waals surface area contributed by atoms with E-state index < -0.39 is 6.09 Å². The lowest BCUT2D eigenvalue weighted by Crippen LogP contribution is -2.34. The van der Waals surface area contributed by atoms with Gasteiger partial charge >= 0.3 is 6.09 Å². The standard InChI is InChI=1S/C10H12N2O2/c11-9-2-1-8-6-12(10(13)14)4-3-7(8)5-9/h1-2,5H,3-4,6,11H2,(H,13,14). The number of amides is 1. The monoisotopic (exact) mass is 192 g/mol. The van der Waals surface area contributed by atoms with Gasteiger partial charge in [0.1, 0.15) is 0 Å². The molecule has 0 spiro atoms. The molecule has 0 bridgehead atoms. The zero-order valence-electron chi connectivity index (χ0n) is 7.73. The minimum absolute atomic E-state index is 0.477. The van der Waals surface area contributed by atoms with Crippen molar-refractivity contribution >= 4 is 11.8 Å². The molecule has 1 aliphatic rings. The molecule has 2 rings (SSSR count). The second-order valence-corrected chi connectivity index (χ2v) is 3.48. The average Bonchev–Trinajstić information content (AvgIpc) is 2.16. The molecule has 0 aliphatic carbocycles. The number of carboxylic acid groups (broad SMARTS) is 1. The Balaban J connectivity index is 2.27. The maximum atomic E-state index is 10.7. The van der Waals surface area contributed by atoms with E-state index in [1.807, 2.05) is 18.2 Å². The third-order valence-electron chi connectivity index (χ3n) is 2.51. The van der Waals surface area contributed by atoms with Crippen LogP contribution in [0.25, 0.3) is 0 Å². The van der Waals surface area contributed by atoms with Gasteiger partial charge in [-0.05, 0) is 29.7 Å². The third-order valence-corrected chi connectivity index (χ3v) is 2.51. The summed E-state index contributed by atoms with van der Waals surface area (Å²) in [5.41, 5.74) is 8.62. The molecule has 1 aromatic carbocycles. The summed E-state index contributed by atoms with van der Waals surface area (Å²) in [6, 6.07) is 5.64. The highest BCUT2D eigenvalue weighted by molar-refractivity contribution is 5.65. The van der Waals surface area contributed by atoms with Gasteiger partial charge in [0.05, 0.1) is 0 Å². The Hall–Kier alpha value is -1.71. The minimum Gasteiger partial charge on any atom is -0.465 e. The van der Waals surface area contributed by atoms with Gasteiger partial charge in [-0.1, -0.05) is 6.07 Å². The Morgan fingerprint density at radius 3 is 2.93 bits per heavy atom. The molecule has 74 valence electrons. The molecule has 0 aromatic heterocycles. The van der Waals surface area contributed by atoms with Gasteiger partial charge in [-0.3, -0.25) is 0 Å². The van der Waals surface area contributed by atoms with Crippen LogP contribution in [0.3, 0.4) is 0 Å². The smallest absolute Gasteiger partial charge is 0.407 e. The molecule has 0 fully saturated rings. The number of fused-ring (bicyclic) bond motifs is 1. The lowest BCUT2D eigenvalue weighted by atomic mass is 9.99. The molecule has 0 atom stereocenters. The van der Waals surface area contributed by atoms with Crippen LogP contribution in [-0.4, -0.2) is 22.6 Å². The Kier molecular flexibility index (Phi) is 2.04. The van der Waals surface area contributed by atoms with Crippen molar-refractivity contribution in [2.75, 3.05) is 12.3 Å². The van der Waals surface area contributed by atoms with E-state index in [2.05, 4.69) is 0 Å². The van der Waals surface area contributed by atoms with Crippen LogP contribution in [0.4, 0.5) is 10.5 Å². The second kappa shape index (κ2) is 3.21. The predicted molar refractivity (Wildman–Crippen MR) is 53.0 cm³/mol. The number of nitrogens with zero attached hydrogens (tertiary/aromatic N) is 1. The van der Waals surface area contributed by atoms with E-state index in [0.29, 0.717) is 13.1 Å². The Morgan fingerprint density at radius 1 is 1.43 bits per heavy atom. The molecule has 4 nitrogen and oxygen atoms in total. The maximum absolute atomic E-state index is 10.7. The van der Waals surface area contributed by atoms with Gasteiger partial charge in [0.15, 0.2) is 0 Å². The van der Waals surface area contributed by atoms with E-state index in [1.54, 1.807) is 0 Å². The molecule has 1 amide bonds. The number of rotatable bonds is 0. The molecule has 4 heteroatoms. The summed E-state index contributed by atoms with van der Waals surface area (Å²) in [5, 5.41) is 8.82. The number of hydrogen-bond acceptors (Lipinski definition) is 2. The van der Waals surface area contributed by atoms with Gasteiger partial charge in [-0.2, -0.15) is 0 Å². The fourth-order valence-corrected chi connectivity index (χ4v) is 1.74. The molecule has 14 heavy (non-hydrogen) atoms. The third kappa shape index (κ3) is 1.51. The van der Waals surface area contributed by atoms with E-state index >= 15 is 0 Å². The highest BCUT2D eigenvalue weighted by Crippen LogP contribution is 2.21. The molecular formula is C10H12N2O2. The van der Waals surface area contributed by atoms with Gasteiger partial charge in [0, 0.05) is 18.8 Å². The molecule has 0 unspecified atom stereocenters. The van der Waals surface area contributed by atoms with Crippen molar-refractivity contribution in [2.24, 2.45) is 0 Å². The summed E-state index contributed by atoms with van der Waals surface area (Å²) in [4.78, 5) is 12.1. The minimum atomic E-state index is -0.854. The first-order chi connectivity index (χ1) is 6.66. The summed E-state index contributed by atoms with van der Waals surface area (Å²) in [6.45, 7) is 1.04. The molecule has 1 aliphatic heterocycles. The van der Waals surface area contributed by atoms with Crippen molar-refractivity contribution < 1.29 is 9.90 Å². The highest BCUT2D eigenvalue weighted by atomic mass is 16.4. The van der Waals surface area contributed by atoms with Crippen molar-refractivity contribution in [3.63, 3.8) is 0 Å². The van der Waals surface area contributed by atoms with Gasteiger partial charge < -0.3 is 15.7 Å². The molecule has 3 N–H and O–H groups in total. The number of hydrogen-bond donors (Lipinski definition) is 2. The summed E-state index contributed by atoms with van der Waals surface area (Å²) in [5.74, 6) is 0. The van der Waals surface area contributed by atoms with Gasteiger partial charge in [-0.15, -0.1) is 0 Å². The topological polar surface area (TPSA) is 66.6 Å². The van der Waals surface area contributed by atoms with Crippen LogP contribution in [0.15, 0.2) is 18.2 Å². The normalized spacial score (nSPS) is 15.0. The molecule has 0 saturated heterocycles. The number of benzene rings is 1. The second-order valence-electron chi connectivity index (χ2n) is 3.48. The number of nitrogen functional groups attached to an aromatic ring is 1. The fourth-order valence-electron chi connectivity index (χ4n) is 1.74. The lowest BCUT2D eigenvalue weighted by Gasteiger charge is -2.26. The van der Waals surface area contributed by atoms with E-state index in [1.165, 1.54) is 10.5 Å². The first kappa shape index (κ1) is 8.87. The van der Waals surface area contributed by atoms with E-state index in [-0.39, 0.29) is 0 Å². The highest BCUT2D eigenvalue weighted by Gasteiger charge is 2.19. The SMILES string of the molecule is Nc1ccc2c(c1)CCN(C(=O)O)C2. The van der Waals surface area contributed by atoms with E-state index in [4.69, 9.17) is 10.8 Å².